The van der Waals surface area contributed by atoms with Gasteiger partial charge >= 0.3 is 0 Å². The van der Waals surface area contributed by atoms with E-state index in [0.29, 0.717) is 17.3 Å². The van der Waals surface area contributed by atoms with Gasteiger partial charge < -0.3 is 10.2 Å². The van der Waals surface area contributed by atoms with Crippen LogP contribution >= 0.6 is 0 Å². The van der Waals surface area contributed by atoms with Gasteiger partial charge in [-0.25, -0.2) is 8.42 Å². The van der Waals surface area contributed by atoms with E-state index in [-0.39, 0.29) is 16.1 Å². The predicted octanol–water partition coefficient (Wildman–Crippen LogP) is 3.49. The van der Waals surface area contributed by atoms with Crippen LogP contribution in [-0.4, -0.2) is 38.6 Å². The molecule has 0 spiro atoms. The number of sulfone groups is 1. The topological polar surface area (TPSA) is 110 Å². The Hall–Kier alpha value is -2.94. The van der Waals surface area contributed by atoms with Gasteiger partial charge in [0.05, 0.1) is 21.1 Å². The highest BCUT2D eigenvalue weighted by atomic mass is 32.2. The molecule has 0 aromatic heterocycles. The highest BCUT2D eigenvalue weighted by Gasteiger charge is 2.23. The summed E-state index contributed by atoms with van der Waals surface area (Å²) in [6.07, 6.45) is 3.09. The maximum Gasteiger partial charge on any atom is 0.270 e. The smallest absolute Gasteiger partial charge is 0.270 e. The van der Waals surface area contributed by atoms with E-state index in [1.54, 1.807) is 6.07 Å². The summed E-state index contributed by atoms with van der Waals surface area (Å²) in [5.74, 6) is 0.129. The van der Waals surface area contributed by atoms with Gasteiger partial charge in [0.2, 0.25) is 0 Å². The molecule has 29 heavy (non-hydrogen) atoms. The van der Waals surface area contributed by atoms with E-state index in [1.807, 2.05) is 0 Å². The Morgan fingerprint density at radius 1 is 1.14 bits per heavy atom. The largest absolute Gasteiger partial charge is 0.371 e. The van der Waals surface area contributed by atoms with Gasteiger partial charge in [-0.3, -0.25) is 14.9 Å². The molecule has 1 amide bonds. The third-order valence-corrected chi connectivity index (χ3v) is 6.23. The fourth-order valence-electron chi connectivity index (χ4n) is 3.33. The van der Waals surface area contributed by atoms with Gasteiger partial charge in [-0.2, -0.15) is 0 Å². The minimum absolute atomic E-state index is 0.147. The standard InChI is InChI=1S/C20H23N3O5S/c1-14-9-11-22(12-10-14)19-8-5-16(23(25)26)13-18(19)20(24)21-15-3-6-17(7-4-15)29(2,27)28/h3-8,13-14H,9-12H2,1-2H3,(H,21,24). The molecule has 2 aromatic carbocycles. The molecule has 1 saturated heterocycles. The van der Waals surface area contributed by atoms with Crippen molar-refractivity contribution in [1.29, 1.82) is 0 Å². The van der Waals surface area contributed by atoms with Crippen molar-refractivity contribution >= 4 is 32.8 Å². The molecule has 0 atom stereocenters. The van der Waals surface area contributed by atoms with Crippen LogP contribution in [0.1, 0.15) is 30.1 Å². The monoisotopic (exact) mass is 417 g/mol. The number of nitro benzene ring substituents is 1. The second kappa shape index (κ2) is 8.20. The lowest BCUT2D eigenvalue weighted by Crippen LogP contribution is -2.34. The van der Waals surface area contributed by atoms with Crippen LogP contribution in [0.2, 0.25) is 0 Å². The predicted molar refractivity (Wildman–Crippen MR) is 111 cm³/mol. The number of amides is 1. The number of hydrogen-bond donors (Lipinski definition) is 1. The minimum Gasteiger partial charge on any atom is -0.371 e. The SMILES string of the molecule is CC1CCN(c2ccc([N+](=O)[O-])cc2C(=O)Nc2ccc(S(C)(=O)=O)cc2)CC1. The lowest BCUT2D eigenvalue weighted by molar-refractivity contribution is -0.384. The number of benzene rings is 2. The number of carbonyl (C=O) groups excluding carboxylic acids is 1. The molecule has 0 unspecified atom stereocenters. The Morgan fingerprint density at radius 2 is 1.76 bits per heavy atom. The van der Waals surface area contributed by atoms with E-state index in [9.17, 15) is 23.3 Å². The number of non-ortho nitro benzene ring substituents is 1. The number of hydrogen-bond acceptors (Lipinski definition) is 6. The van der Waals surface area contributed by atoms with Crippen molar-refractivity contribution in [3.8, 4) is 0 Å². The van der Waals surface area contributed by atoms with Gasteiger partial charge in [-0.1, -0.05) is 6.92 Å². The van der Waals surface area contributed by atoms with Crippen LogP contribution in [0.3, 0.4) is 0 Å². The minimum atomic E-state index is -3.34. The summed E-state index contributed by atoms with van der Waals surface area (Å²) < 4.78 is 23.2. The average molecular weight is 417 g/mol. The molecule has 1 heterocycles. The van der Waals surface area contributed by atoms with E-state index in [4.69, 9.17) is 0 Å². The summed E-state index contributed by atoms with van der Waals surface area (Å²) in [4.78, 5) is 25.8. The van der Waals surface area contributed by atoms with Gasteiger partial charge in [0.25, 0.3) is 11.6 Å². The summed E-state index contributed by atoms with van der Waals surface area (Å²) in [5, 5.41) is 13.9. The van der Waals surface area contributed by atoms with Crippen LogP contribution in [0.15, 0.2) is 47.4 Å². The molecule has 1 aliphatic rings. The molecule has 154 valence electrons. The molecule has 0 saturated carbocycles. The molecule has 2 aromatic rings. The van der Waals surface area contributed by atoms with Crippen LogP contribution in [-0.2, 0) is 9.84 Å². The summed E-state index contributed by atoms with van der Waals surface area (Å²) in [5.41, 5.74) is 1.14. The van der Waals surface area contributed by atoms with Crippen LogP contribution in [0, 0.1) is 16.0 Å². The van der Waals surface area contributed by atoms with Crippen molar-refractivity contribution in [2.45, 2.75) is 24.7 Å². The first-order valence-electron chi connectivity index (χ1n) is 9.30. The molecular formula is C20H23N3O5S. The van der Waals surface area contributed by atoms with Crippen molar-refractivity contribution < 1.29 is 18.1 Å². The Labute approximate surface area is 169 Å². The number of nitro groups is 1. The number of rotatable bonds is 5. The second-order valence-corrected chi connectivity index (χ2v) is 9.39. The van der Waals surface area contributed by atoms with Crippen LogP contribution < -0.4 is 10.2 Å². The first-order valence-corrected chi connectivity index (χ1v) is 11.2. The lowest BCUT2D eigenvalue weighted by atomic mass is 9.98. The molecule has 0 radical (unpaired) electrons. The van der Waals surface area contributed by atoms with Gasteiger partial charge in [0, 0.05) is 37.2 Å². The molecule has 9 heteroatoms. The van der Waals surface area contributed by atoms with Crippen LogP contribution in [0.25, 0.3) is 0 Å². The quantitative estimate of drug-likeness (QED) is 0.589. The van der Waals surface area contributed by atoms with Crippen molar-refractivity contribution in [1.82, 2.24) is 0 Å². The van der Waals surface area contributed by atoms with E-state index >= 15 is 0 Å². The summed E-state index contributed by atoms with van der Waals surface area (Å²) in [7, 11) is -3.34. The Morgan fingerprint density at radius 3 is 2.31 bits per heavy atom. The average Bonchev–Trinajstić information content (AvgIpc) is 2.68. The molecule has 1 N–H and O–H groups in total. The van der Waals surface area contributed by atoms with Crippen LogP contribution in [0.5, 0.6) is 0 Å². The third-order valence-electron chi connectivity index (χ3n) is 5.10. The van der Waals surface area contributed by atoms with Crippen molar-refractivity contribution in [3.63, 3.8) is 0 Å². The van der Waals surface area contributed by atoms with Gasteiger partial charge in [-0.05, 0) is 49.1 Å². The molecule has 1 fully saturated rings. The van der Waals surface area contributed by atoms with E-state index in [0.717, 1.165) is 32.2 Å². The number of anilines is 2. The van der Waals surface area contributed by atoms with E-state index in [2.05, 4.69) is 17.1 Å². The highest BCUT2D eigenvalue weighted by molar-refractivity contribution is 7.90. The summed E-state index contributed by atoms with van der Waals surface area (Å²) in [6, 6.07) is 10.1. The number of piperidine rings is 1. The Kier molecular flexibility index (Phi) is 5.88. The maximum absolute atomic E-state index is 12.9. The first-order chi connectivity index (χ1) is 13.6. The van der Waals surface area contributed by atoms with Gasteiger partial charge in [0.15, 0.2) is 9.84 Å². The summed E-state index contributed by atoms with van der Waals surface area (Å²) in [6.45, 7) is 3.74. The normalized spacial score (nSPS) is 15.2. The van der Waals surface area contributed by atoms with Crippen molar-refractivity contribution in [3.05, 3.63) is 58.1 Å². The fourth-order valence-corrected chi connectivity index (χ4v) is 3.96. The number of nitrogens with one attached hydrogen (secondary N) is 1. The molecule has 8 nitrogen and oxygen atoms in total. The van der Waals surface area contributed by atoms with E-state index < -0.39 is 20.7 Å². The number of carbonyl (C=O) groups is 1. The zero-order chi connectivity index (χ0) is 21.2. The highest BCUT2D eigenvalue weighted by Crippen LogP contribution is 2.30. The van der Waals surface area contributed by atoms with Crippen LogP contribution in [0.4, 0.5) is 17.1 Å². The third kappa shape index (κ3) is 4.92. The molecule has 3 rings (SSSR count). The zero-order valence-corrected chi connectivity index (χ0v) is 17.1. The van der Waals surface area contributed by atoms with E-state index in [1.165, 1.54) is 36.4 Å². The Balaban J connectivity index is 1.89. The molecule has 0 bridgehead atoms. The van der Waals surface area contributed by atoms with Crippen molar-refractivity contribution in [2.24, 2.45) is 5.92 Å². The molecule has 0 aliphatic carbocycles. The lowest BCUT2D eigenvalue weighted by Gasteiger charge is -2.33. The molecule has 1 aliphatic heterocycles. The van der Waals surface area contributed by atoms with Crippen molar-refractivity contribution in [2.75, 3.05) is 29.6 Å². The van der Waals surface area contributed by atoms with Gasteiger partial charge in [0.1, 0.15) is 0 Å². The first kappa shape index (κ1) is 20.8. The fraction of sp³-hybridized carbons (Fsp3) is 0.350. The summed E-state index contributed by atoms with van der Waals surface area (Å²) >= 11 is 0. The Bertz CT molecular complexity index is 1030. The zero-order valence-electron chi connectivity index (χ0n) is 16.3. The van der Waals surface area contributed by atoms with Gasteiger partial charge in [-0.15, -0.1) is 0 Å². The molecular weight excluding hydrogens is 394 g/mol. The number of nitrogens with zero attached hydrogens (tertiary/aromatic N) is 2. The second-order valence-electron chi connectivity index (χ2n) is 7.38. The maximum atomic E-state index is 12.9.